The van der Waals surface area contributed by atoms with Crippen LogP contribution >= 0.6 is 0 Å². The number of hydrogen-bond donors (Lipinski definition) is 3. The number of nitrogens with zero attached hydrogens (tertiary/aromatic N) is 2. The molecule has 3 N–H and O–H groups in total. The molecule has 0 radical (unpaired) electrons. The number of nitriles is 1. The van der Waals surface area contributed by atoms with Gasteiger partial charge in [0.05, 0.1) is 18.2 Å². The lowest BCUT2D eigenvalue weighted by Crippen LogP contribution is -2.42. The van der Waals surface area contributed by atoms with Crippen molar-refractivity contribution in [2.75, 3.05) is 18.5 Å². The number of aliphatic hydroxyl groups is 1. The van der Waals surface area contributed by atoms with Crippen LogP contribution in [0.5, 0.6) is 5.75 Å². The minimum Gasteiger partial charge on any atom is -0.491 e. The van der Waals surface area contributed by atoms with Crippen LogP contribution in [0.2, 0.25) is 0 Å². The molecule has 0 bridgehead atoms. The fourth-order valence-electron chi connectivity index (χ4n) is 3.25. The van der Waals surface area contributed by atoms with Crippen LogP contribution in [0.4, 0.5) is 10.5 Å². The average Bonchev–Trinajstić information content (AvgIpc) is 2.97. The van der Waals surface area contributed by atoms with Crippen LogP contribution in [-0.4, -0.2) is 47.1 Å². The molecule has 1 heterocycles. The summed E-state index contributed by atoms with van der Waals surface area (Å²) < 4.78 is 5.51. The molecule has 0 aliphatic carbocycles. The summed E-state index contributed by atoms with van der Waals surface area (Å²) in [6.07, 6.45) is -1.11. The Balaban J connectivity index is 1.61. The van der Waals surface area contributed by atoms with E-state index in [1.807, 2.05) is 6.07 Å². The molecule has 2 aromatic rings. The van der Waals surface area contributed by atoms with Gasteiger partial charge in [0, 0.05) is 12.6 Å². The molecule has 0 aromatic heterocycles. The minimum absolute atomic E-state index is 0.142. The van der Waals surface area contributed by atoms with Crippen LogP contribution in [0, 0.1) is 11.3 Å². The van der Waals surface area contributed by atoms with Gasteiger partial charge in [-0.2, -0.15) is 5.26 Å². The van der Waals surface area contributed by atoms with Gasteiger partial charge in [0.2, 0.25) is 5.91 Å². The molecular formula is C22H22N4O5. The number of nitrogens with one attached hydrogen (secondary N) is 2. The Morgan fingerprint density at radius 2 is 2.00 bits per heavy atom. The van der Waals surface area contributed by atoms with Crippen LogP contribution in [0.25, 0.3) is 0 Å². The number of ether oxygens (including phenoxy) is 1. The van der Waals surface area contributed by atoms with Gasteiger partial charge in [0.25, 0.3) is 5.91 Å². The maximum absolute atomic E-state index is 12.9. The number of amides is 4. The van der Waals surface area contributed by atoms with Crippen LogP contribution in [-0.2, 0) is 15.1 Å². The number of rotatable bonds is 7. The third kappa shape index (κ3) is 4.82. The highest BCUT2D eigenvalue weighted by atomic mass is 16.5. The van der Waals surface area contributed by atoms with E-state index in [9.17, 15) is 19.5 Å². The zero-order chi connectivity index (χ0) is 22.6. The van der Waals surface area contributed by atoms with Crippen molar-refractivity contribution in [2.24, 2.45) is 0 Å². The molecule has 1 fully saturated rings. The van der Waals surface area contributed by atoms with Gasteiger partial charge in [-0.1, -0.05) is 12.1 Å². The number of β-amino-alcohol motifs (C(OH)–C–C–N with tert-alkyl or cyclic N) is 1. The van der Waals surface area contributed by atoms with Gasteiger partial charge >= 0.3 is 6.03 Å². The van der Waals surface area contributed by atoms with Gasteiger partial charge in [-0.25, -0.2) is 4.79 Å². The first kappa shape index (κ1) is 21.8. The second kappa shape index (κ2) is 8.85. The van der Waals surface area contributed by atoms with Crippen molar-refractivity contribution < 1.29 is 24.2 Å². The Kier molecular flexibility index (Phi) is 6.22. The van der Waals surface area contributed by atoms with E-state index in [1.54, 1.807) is 55.5 Å². The molecule has 1 saturated heterocycles. The van der Waals surface area contributed by atoms with E-state index < -0.39 is 23.6 Å². The summed E-state index contributed by atoms with van der Waals surface area (Å²) in [7, 11) is 0. The number of urea groups is 1. The molecule has 2 aromatic carbocycles. The number of hydrogen-bond acceptors (Lipinski definition) is 6. The molecule has 9 heteroatoms. The first-order chi connectivity index (χ1) is 14.7. The van der Waals surface area contributed by atoms with Gasteiger partial charge in [-0.15, -0.1) is 0 Å². The van der Waals surface area contributed by atoms with Crippen molar-refractivity contribution in [3.05, 3.63) is 59.7 Å². The predicted octanol–water partition coefficient (Wildman–Crippen LogP) is 1.72. The standard InChI is InChI=1S/C22H22N4O5/c1-14(27)24-17-6-8-19(9-7-17)31-13-18(28)12-26-20(29)22(2,25-21(26)30)16-5-3-4-15(10-16)11-23/h3-10,18,28H,12-13H2,1-2H3,(H,24,27)(H,25,30). The van der Waals surface area contributed by atoms with E-state index in [4.69, 9.17) is 10.00 Å². The van der Waals surface area contributed by atoms with Crippen LogP contribution in [0.15, 0.2) is 48.5 Å². The molecule has 4 amide bonds. The number of carbonyl (C=O) groups is 3. The second-order valence-electron chi connectivity index (χ2n) is 7.33. The largest absolute Gasteiger partial charge is 0.491 e. The Labute approximate surface area is 179 Å². The van der Waals surface area contributed by atoms with E-state index in [1.165, 1.54) is 6.92 Å². The summed E-state index contributed by atoms with van der Waals surface area (Å²) in [4.78, 5) is 37.3. The number of aliphatic hydroxyl groups excluding tert-OH is 1. The van der Waals surface area contributed by atoms with E-state index in [-0.39, 0.29) is 19.1 Å². The lowest BCUT2D eigenvalue weighted by Gasteiger charge is -2.23. The molecule has 0 saturated carbocycles. The molecule has 3 rings (SSSR count). The van der Waals surface area contributed by atoms with Crippen molar-refractivity contribution in [3.63, 3.8) is 0 Å². The molecule has 160 valence electrons. The van der Waals surface area contributed by atoms with Crippen molar-refractivity contribution in [2.45, 2.75) is 25.5 Å². The van der Waals surface area contributed by atoms with Crippen LogP contribution in [0.3, 0.4) is 0 Å². The van der Waals surface area contributed by atoms with E-state index >= 15 is 0 Å². The van der Waals surface area contributed by atoms with Gasteiger partial charge in [-0.3, -0.25) is 14.5 Å². The molecular weight excluding hydrogens is 400 g/mol. The Morgan fingerprint density at radius 1 is 1.29 bits per heavy atom. The number of anilines is 1. The summed E-state index contributed by atoms with van der Waals surface area (Å²) in [5.41, 5.74) is 0.137. The maximum atomic E-state index is 12.9. The fourth-order valence-corrected chi connectivity index (χ4v) is 3.25. The van der Waals surface area contributed by atoms with Gasteiger partial charge in [0.1, 0.15) is 24.0 Å². The van der Waals surface area contributed by atoms with Crippen molar-refractivity contribution >= 4 is 23.5 Å². The highest BCUT2D eigenvalue weighted by Gasteiger charge is 2.49. The van der Waals surface area contributed by atoms with Gasteiger partial charge in [0.15, 0.2) is 0 Å². The highest BCUT2D eigenvalue weighted by Crippen LogP contribution is 2.29. The summed E-state index contributed by atoms with van der Waals surface area (Å²) >= 11 is 0. The summed E-state index contributed by atoms with van der Waals surface area (Å²) in [6, 6.07) is 14.4. The average molecular weight is 422 g/mol. The first-order valence-electron chi connectivity index (χ1n) is 9.56. The molecule has 1 aliphatic rings. The summed E-state index contributed by atoms with van der Waals surface area (Å²) in [6.45, 7) is 2.57. The quantitative estimate of drug-likeness (QED) is 0.582. The molecule has 0 spiro atoms. The van der Waals surface area contributed by atoms with Gasteiger partial charge in [-0.05, 0) is 48.9 Å². The molecule has 1 aliphatic heterocycles. The van der Waals surface area contributed by atoms with Crippen molar-refractivity contribution in [1.82, 2.24) is 10.2 Å². The first-order valence-corrected chi connectivity index (χ1v) is 9.56. The zero-order valence-corrected chi connectivity index (χ0v) is 17.1. The van der Waals surface area contributed by atoms with Crippen LogP contribution in [0.1, 0.15) is 25.0 Å². The lowest BCUT2D eigenvalue weighted by molar-refractivity contribution is -0.132. The Morgan fingerprint density at radius 3 is 2.65 bits per heavy atom. The third-order valence-electron chi connectivity index (χ3n) is 4.85. The molecule has 2 unspecified atom stereocenters. The minimum atomic E-state index is -1.33. The normalized spacial score (nSPS) is 18.8. The molecule has 31 heavy (non-hydrogen) atoms. The number of imide groups is 1. The third-order valence-corrected chi connectivity index (χ3v) is 4.85. The summed E-state index contributed by atoms with van der Waals surface area (Å²) in [5.74, 6) is -0.251. The van der Waals surface area contributed by atoms with E-state index in [2.05, 4.69) is 10.6 Å². The highest BCUT2D eigenvalue weighted by molar-refractivity contribution is 6.07. The predicted molar refractivity (Wildman–Crippen MR) is 111 cm³/mol. The number of carbonyl (C=O) groups excluding carboxylic acids is 3. The Hall–Kier alpha value is -3.90. The maximum Gasteiger partial charge on any atom is 0.325 e. The SMILES string of the molecule is CC(=O)Nc1ccc(OCC(O)CN2C(=O)NC(C)(c3cccc(C#N)c3)C2=O)cc1. The summed E-state index contributed by atoms with van der Waals surface area (Å²) in [5, 5.41) is 24.7. The second-order valence-corrected chi connectivity index (χ2v) is 7.33. The van der Waals surface area contributed by atoms with Gasteiger partial charge < -0.3 is 20.5 Å². The van der Waals surface area contributed by atoms with E-state index in [0.29, 0.717) is 22.6 Å². The Bertz CT molecular complexity index is 1050. The van der Waals surface area contributed by atoms with Crippen LogP contribution < -0.4 is 15.4 Å². The smallest absolute Gasteiger partial charge is 0.325 e. The molecule has 2 atom stereocenters. The lowest BCUT2D eigenvalue weighted by atomic mass is 9.91. The zero-order valence-electron chi connectivity index (χ0n) is 17.1. The van der Waals surface area contributed by atoms with Crippen molar-refractivity contribution in [3.8, 4) is 11.8 Å². The fraction of sp³-hybridized carbons (Fsp3) is 0.273. The number of benzene rings is 2. The topological polar surface area (TPSA) is 132 Å². The monoisotopic (exact) mass is 422 g/mol. The van der Waals surface area contributed by atoms with Crippen molar-refractivity contribution in [1.29, 1.82) is 5.26 Å². The van der Waals surface area contributed by atoms with E-state index in [0.717, 1.165) is 4.90 Å². The molecule has 9 nitrogen and oxygen atoms in total.